The summed E-state index contributed by atoms with van der Waals surface area (Å²) in [7, 11) is 0. The third kappa shape index (κ3) is 6.91. The van der Waals surface area contributed by atoms with E-state index in [-0.39, 0.29) is 0 Å². The highest BCUT2D eigenvalue weighted by atomic mass is 32.1. The van der Waals surface area contributed by atoms with E-state index in [0.29, 0.717) is 23.4 Å². The van der Waals surface area contributed by atoms with Gasteiger partial charge in [-0.25, -0.2) is 0 Å². The molecule has 1 saturated heterocycles. The molecule has 0 radical (unpaired) electrons. The van der Waals surface area contributed by atoms with Crippen LogP contribution in [0.3, 0.4) is 0 Å². The summed E-state index contributed by atoms with van der Waals surface area (Å²) in [5, 5.41) is 9.36. The van der Waals surface area contributed by atoms with Crippen LogP contribution in [0.1, 0.15) is 40.0 Å². The van der Waals surface area contributed by atoms with Gasteiger partial charge in [-0.05, 0) is 30.6 Å². The smallest absolute Gasteiger partial charge is 0.127 e. The van der Waals surface area contributed by atoms with E-state index in [1.54, 1.807) is 9.80 Å². The van der Waals surface area contributed by atoms with E-state index in [1.165, 1.54) is 45.4 Å². The van der Waals surface area contributed by atoms with Gasteiger partial charge in [-0.1, -0.05) is 20.8 Å². The Morgan fingerprint density at radius 2 is 1.83 bits per heavy atom. The first-order chi connectivity index (χ1) is 10.9. The van der Waals surface area contributed by atoms with Crippen LogP contribution in [0.2, 0.25) is 0 Å². The van der Waals surface area contributed by atoms with Crippen LogP contribution < -0.4 is 9.80 Å². The first kappa shape index (κ1) is 19.5. The van der Waals surface area contributed by atoms with Gasteiger partial charge in [0.2, 0.25) is 0 Å². The zero-order valence-corrected chi connectivity index (χ0v) is 16.2. The number of hydrogen-bond acceptors (Lipinski definition) is 3. The molecule has 0 aromatic carbocycles. The van der Waals surface area contributed by atoms with Crippen molar-refractivity contribution >= 4 is 12.6 Å². The third-order valence-electron chi connectivity index (χ3n) is 5.52. The number of piperazine rings is 1. The average Bonchev–Trinajstić information content (AvgIpc) is 2.45. The zero-order chi connectivity index (χ0) is 16.9. The van der Waals surface area contributed by atoms with E-state index in [2.05, 4.69) is 20.8 Å². The van der Waals surface area contributed by atoms with Crippen LogP contribution in [0, 0.1) is 11.3 Å². The Labute approximate surface area is 148 Å². The van der Waals surface area contributed by atoms with Gasteiger partial charge >= 0.3 is 0 Å². The number of rotatable bonds is 7. The van der Waals surface area contributed by atoms with Crippen molar-refractivity contribution in [2.45, 2.75) is 51.4 Å². The SMILES string of the molecule is C[C@H]1C[C@H](OC[C@H](S)C[NH+]2CC[NH+](CCO)CC2)CC(C)(C)C1. The number of aliphatic hydroxyl groups excluding tert-OH is 1. The second-order valence-electron chi connectivity index (χ2n) is 8.70. The Balaban J connectivity index is 1.64. The lowest BCUT2D eigenvalue weighted by Gasteiger charge is -2.39. The molecule has 0 aromatic rings. The molecule has 0 unspecified atom stereocenters. The molecule has 2 rings (SSSR count). The molecule has 5 heteroatoms. The Kier molecular flexibility index (Phi) is 7.67. The summed E-state index contributed by atoms with van der Waals surface area (Å²) in [5.41, 5.74) is 0.422. The highest BCUT2D eigenvalue weighted by Gasteiger charge is 2.33. The molecule has 4 nitrogen and oxygen atoms in total. The fourth-order valence-corrected chi connectivity index (χ4v) is 4.94. The summed E-state index contributed by atoms with van der Waals surface area (Å²) in [6.07, 6.45) is 4.14. The Morgan fingerprint density at radius 3 is 2.43 bits per heavy atom. The lowest BCUT2D eigenvalue weighted by atomic mass is 9.71. The number of ether oxygens (including phenoxy) is 1. The van der Waals surface area contributed by atoms with Crippen molar-refractivity contribution < 1.29 is 19.6 Å². The third-order valence-corrected chi connectivity index (χ3v) is 5.86. The summed E-state index contributed by atoms with van der Waals surface area (Å²) in [5.74, 6) is 0.773. The molecule has 1 aliphatic heterocycles. The molecule has 23 heavy (non-hydrogen) atoms. The molecule has 0 bridgehead atoms. The van der Waals surface area contributed by atoms with Crippen LogP contribution in [0.5, 0.6) is 0 Å². The number of hydrogen-bond donors (Lipinski definition) is 4. The van der Waals surface area contributed by atoms with Gasteiger partial charge in [0.1, 0.15) is 32.7 Å². The fraction of sp³-hybridized carbons (Fsp3) is 1.00. The summed E-state index contributed by atoms with van der Waals surface area (Å²) in [6.45, 7) is 14.9. The van der Waals surface area contributed by atoms with Gasteiger partial charge in [-0.2, -0.15) is 12.6 Å². The molecule has 1 heterocycles. The van der Waals surface area contributed by atoms with E-state index in [4.69, 9.17) is 22.5 Å². The molecule has 136 valence electrons. The molecule has 2 aliphatic rings. The van der Waals surface area contributed by atoms with Crippen molar-refractivity contribution in [3.8, 4) is 0 Å². The Morgan fingerprint density at radius 1 is 1.17 bits per heavy atom. The Bertz CT molecular complexity index is 346. The molecule has 3 atom stereocenters. The Hall–Kier alpha value is 0.190. The number of quaternary nitrogens is 2. The molecule has 0 amide bonds. The van der Waals surface area contributed by atoms with E-state index in [9.17, 15) is 0 Å². The van der Waals surface area contributed by atoms with Gasteiger partial charge in [0, 0.05) is 0 Å². The molecule has 2 fully saturated rings. The van der Waals surface area contributed by atoms with Gasteiger partial charge in [0.15, 0.2) is 0 Å². The van der Waals surface area contributed by atoms with E-state index in [1.807, 2.05) is 0 Å². The molecule has 1 saturated carbocycles. The summed E-state index contributed by atoms with van der Waals surface area (Å²) in [6, 6.07) is 0. The maximum absolute atomic E-state index is 9.02. The summed E-state index contributed by atoms with van der Waals surface area (Å²) in [4.78, 5) is 3.19. The lowest BCUT2D eigenvalue weighted by molar-refractivity contribution is -1.01. The van der Waals surface area contributed by atoms with Gasteiger partial charge in [-0.15, -0.1) is 0 Å². The zero-order valence-electron chi connectivity index (χ0n) is 15.3. The largest absolute Gasteiger partial charge is 0.391 e. The first-order valence-corrected chi connectivity index (χ1v) is 9.97. The molecular formula is C18H38N2O2S+2. The molecule has 1 aliphatic carbocycles. The van der Waals surface area contributed by atoms with Crippen LogP contribution in [0.25, 0.3) is 0 Å². The first-order valence-electron chi connectivity index (χ1n) is 9.45. The predicted octanol–water partition coefficient (Wildman–Crippen LogP) is -0.708. The monoisotopic (exact) mass is 346 g/mol. The van der Waals surface area contributed by atoms with E-state index < -0.39 is 0 Å². The molecule has 3 N–H and O–H groups in total. The standard InChI is InChI=1S/C18H36N2O2S/c1-15-10-16(12-18(2,3)11-15)22-14-17(23)13-20-6-4-19(5-7-20)8-9-21/h15-17,21,23H,4-14H2,1-3H3/p+2/t15-,16-,17+/m0/s1. The molecule has 0 spiro atoms. The maximum atomic E-state index is 9.02. The van der Waals surface area contributed by atoms with Gasteiger partial charge in [-0.3, -0.25) is 0 Å². The quantitative estimate of drug-likeness (QED) is 0.460. The highest BCUT2D eigenvalue weighted by Crippen LogP contribution is 2.39. The van der Waals surface area contributed by atoms with Crippen LogP contribution >= 0.6 is 12.6 Å². The second-order valence-corrected chi connectivity index (χ2v) is 9.43. The lowest BCUT2D eigenvalue weighted by Crippen LogP contribution is -3.28. The van der Waals surface area contributed by atoms with Crippen LogP contribution in [-0.4, -0.2) is 68.9 Å². The summed E-state index contributed by atoms with van der Waals surface area (Å²) >= 11 is 4.78. The fourth-order valence-electron chi connectivity index (χ4n) is 4.59. The van der Waals surface area contributed by atoms with Gasteiger partial charge in [0.05, 0.1) is 31.1 Å². The van der Waals surface area contributed by atoms with Crippen molar-refractivity contribution in [1.82, 2.24) is 0 Å². The minimum Gasteiger partial charge on any atom is -0.391 e. The second kappa shape index (κ2) is 9.04. The van der Waals surface area contributed by atoms with Crippen molar-refractivity contribution in [3.63, 3.8) is 0 Å². The number of nitrogens with one attached hydrogen (secondary N) is 2. The predicted molar refractivity (Wildman–Crippen MR) is 97.5 cm³/mol. The van der Waals surface area contributed by atoms with Crippen molar-refractivity contribution in [3.05, 3.63) is 0 Å². The summed E-state index contributed by atoms with van der Waals surface area (Å²) < 4.78 is 6.22. The van der Waals surface area contributed by atoms with Crippen LogP contribution in [0.4, 0.5) is 0 Å². The van der Waals surface area contributed by atoms with E-state index >= 15 is 0 Å². The van der Waals surface area contributed by atoms with Crippen LogP contribution in [-0.2, 0) is 4.74 Å². The maximum Gasteiger partial charge on any atom is 0.127 e. The number of thiol groups is 1. The topological polar surface area (TPSA) is 38.3 Å². The van der Waals surface area contributed by atoms with Gasteiger partial charge < -0.3 is 19.6 Å². The van der Waals surface area contributed by atoms with Crippen molar-refractivity contribution in [2.75, 3.05) is 52.5 Å². The van der Waals surface area contributed by atoms with Crippen molar-refractivity contribution in [2.24, 2.45) is 11.3 Å². The van der Waals surface area contributed by atoms with Crippen LogP contribution in [0.15, 0.2) is 0 Å². The highest BCUT2D eigenvalue weighted by molar-refractivity contribution is 7.81. The molecular weight excluding hydrogens is 308 g/mol. The van der Waals surface area contributed by atoms with E-state index in [0.717, 1.165) is 25.6 Å². The van der Waals surface area contributed by atoms with Gasteiger partial charge in [0.25, 0.3) is 0 Å². The minimum absolute atomic E-state index is 0.309. The van der Waals surface area contributed by atoms with Crippen molar-refractivity contribution in [1.29, 1.82) is 0 Å². The number of aliphatic hydroxyl groups is 1. The average molecular weight is 347 g/mol. The normalized spacial score (nSPS) is 35.9. The molecule has 0 aromatic heterocycles. The minimum atomic E-state index is 0.309.